The van der Waals surface area contributed by atoms with Crippen molar-refractivity contribution in [3.63, 3.8) is 0 Å². The topological polar surface area (TPSA) is 86.7 Å². The van der Waals surface area contributed by atoms with E-state index in [9.17, 15) is 19.5 Å². The summed E-state index contributed by atoms with van der Waals surface area (Å²) < 4.78 is 0. The second-order valence-corrected chi connectivity index (χ2v) is 5.71. The van der Waals surface area contributed by atoms with Crippen molar-refractivity contribution in [3.8, 4) is 0 Å². The molecular weight excluding hydrogens is 296 g/mol. The minimum absolute atomic E-state index is 0.101. The van der Waals surface area contributed by atoms with E-state index in [4.69, 9.17) is 0 Å². The largest absolute Gasteiger partial charge is 0.481 e. The molecule has 23 heavy (non-hydrogen) atoms. The second-order valence-electron chi connectivity index (χ2n) is 5.71. The van der Waals surface area contributed by atoms with E-state index in [0.717, 1.165) is 17.5 Å². The average Bonchev–Trinajstić information content (AvgIpc) is 2.56. The maximum absolute atomic E-state index is 12.3. The average molecular weight is 318 g/mol. The van der Waals surface area contributed by atoms with Gasteiger partial charge in [0.2, 0.25) is 11.8 Å². The Morgan fingerprint density at radius 1 is 1.26 bits per heavy atom. The molecule has 0 fully saturated rings. The summed E-state index contributed by atoms with van der Waals surface area (Å²) in [5.41, 5.74) is 1.62. The molecule has 124 valence electrons. The molecule has 6 heteroatoms. The molecule has 0 aliphatic carbocycles. The molecule has 2 N–H and O–H groups in total. The third-order valence-corrected chi connectivity index (χ3v) is 3.98. The summed E-state index contributed by atoms with van der Waals surface area (Å²) >= 11 is 0. The molecule has 0 saturated heterocycles. The van der Waals surface area contributed by atoms with E-state index in [1.54, 1.807) is 6.07 Å². The smallest absolute Gasteiger partial charge is 0.312 e. The Hall–Kier alpha value is -2.37. The van der Waals surface area contributed by atoms with Gasteiger partial charge in [0.1, 0.15) is 0 Å². The molecule has 1 aromatic rings. The molecule has 1 atom stereocenters. The molecule has 1 aliphatic heterocycles. The van der Waals surface area contributed by atoms with Crippen molar-refractivity contribution in [1.29, 1.82) is 0 Å². The van der Waals surface area contributed by atoms with Gasteiger partial charge >= 0.3 is 5.97 Å². The summed E-state index contributed by atoms with van der Waals surface area (Å²) in [6.45, 7) is 3.12. The number of nitrogens with zero attached hydrogens (tertiary/aromatic N) is 1. The minimum atomic E-state index is -0.935. The van der Waals surface area contributed by atoms with E-state index in [2.05, 4.69) is 5.32 Å². The highest BCUT2D eigenvalue weighted by atomic mass is 16.4. The first kappa shape index (κ1) is 17.0. The standard InChI is InChI=1S/C17H22N2O4/c1-2-9-18-15(20)7-8-16(21)19-10-12-5-3-4-6-13(12)14(11-19)17(22)23/h3-6,14H,2,7-11H2,1H3,(H,18,20)(H,22,23). The lowest BCUT2D eigenvalue weighted by Crippen LogP contribution is -2.41. The van der Waals surface area contributed by atoms with Crippen molar-refractivity contribution in [3.05, 3.63) is 35.4 Å². The van der Waals surface area contributed by atoms with Crippen molar-refractivity contribution < 1.29 is 19.5 Å². The number of carboxylic acid groups (broad SMARTS) is 1. The fourth-order valence-corrected chi connectivity index (χ4v) is 2.74. The van der Waals surface area contributed by atoms with E-state index in [0.29, 0.717) is 13.1 Å². The number of carbonyl (C=O) groups is 3. The first-order valence-corrected chi connectivity index (χ1v) is 7.88. The van der Waals surface area contributed by atoms with Gasteiger partial charge in [-0.2, -0.15) is 0 Å². The van der Waals surface area contributed by atoms with Crippen LogP contribution in [0.2, 0.25) is 0 Å². The summed E-state index contributed by atoms with van der Waals surface area (Å²) in [5.74, 6) is -1.97. The lowest BCUT2D eigenvalue weighted by Gasteiger charge is -2.32. The maximum Gasteiger partial charge on any atom is 0.312 e. The summed E-state index contributed by atoms with van der Waals surface area (Å²) in [7, 11) is 0. The molecule has 0 aromatic heterocycles. The lowest BCUT2D eigenvalue weighted by atomic mass is 9.89. The van der Waals surface area contributed by atoms with Crippen LogP contribution in [0.4, 0.5) is 0 Å². The molecule has 0 radical (unpaired) electrons. The zero-order valence-electron chi connectivity index (χ0n) is 13.2. The van der Waals surface area contributed by atoms with E-state index in [1.165, 1.54) is 4.90 Å². The Labute approximate surface area is 135 Å². The monoisotopic (exact) mass is 318 g/mol. The Kier molecular flexibility index (Phi) is 5.73. The zero-order chi connectivity index (χ0) is 16.8. The lowest BCUT2D eigenvalue weighted by molar-refractivity contribution is -0.142. The molecule has 0 bridgehead atoms. The molecule has 2 amide bonds. The van der Waals surface area contributed by atoms with Crippen molar-refractivity contribution in [2.75, 3.05) is 13.1 Å². The van der Waals surface area contributed by atoms with Gasteiger partial charge in [-0.15, -0.1) is 0 Å². The summed E-state index contributed by atoms with van der Waals surface area (Å²) in [5, 5.41) is 12.1. The van der Waals surface area contributed by atoms with Crippen LogP contribution in [-0.2, 0) is 20.9 Å². The molecule has 2 rings (SSSR count). The highest BCUT2D eigenvalue weighted by Gasteiger charge is 2.32. The van der Waals surface area contributed by atoms with Gasteiger partial charge in [0.25, 0.3) is 0 Å². The van der Waals surface area contributed by atoms with Crippen LogP contribution in [0.3, 0.4) is 0 Å². The molecule has 0 spiro atoms. The van der Waals surface area contributed by atoms with Crippen LogP contribution in [0.1, 0.15) is 43.2 Å². The molecule has 1 heterocycles. The van der Waals surface area contributed by atoms with Crippen LogP contribution >= 0.6 is 0 Å². The number of benzene rings is 1. The molecule has 1 aliphatic rings. The Bertz CT molecular complexity index is 600. The normalized spacial score (nSPS) is 16.6. The highest BCUT2D eigenvalue weighted by molar-refractivity contribution is 5.85. The summed E-state index contributed by atoms with van der Waals surface area (Å²) in [6, 6.07) is 7.29. The van der Waals surface area contributed by atoms with Gasteiger partial charge in [0, 0.05) is 32.5 Å². The van der Waals surface area contributed by atoms with Gasteiger partial charge in [0.05, 0.1) is 5.92 Å². The van der Waals surface area contributed by atoms with Gasteiger partial charge in [0.15, 0.2) is 0 Å². The molecule has 0 saturated carbocycles. The SMILES string of the molecule is CCCNC(=O)CCC(=O)N1Cc2ccccc2C(C(=O)O)C1. The molecule has 1 aromatic carbocycles. The maximum atomic E-state index is 12.3. The molecule has 1 unspecified atom stereocenters. The van der Waals surface area contributed by atoms with E-state index >= 15 is 0 Å². The van der Waals surface area contributed by atoms with Crippen LogP contribution in [-0.4, -0.2) is 40.9 Å². The van der Waals surface area contributed by atoms with Crippen LogP contribution in [0.15, 0.2) is 24.3 Å². The number of rotatable bonds is 6. The van der Waals surface area contributed by atoms with Crippen LogP contribution in [0.5, 0.6) is 0 Å². The number of nitrogens with one attached hydrogen (secondary N) is 1. The van der Waals surface area contributed by atoms with Crippen molar-refractivity contribution in [2.24, 2.45) is 0 Å². The predicted octanol–water partition coefficient (Wildman–Crippen LogP) is 1.50. The van der Waals surface area contributed by atoms with Gasteiger partial charge in [-0.3, -0.25) is 14.4 Å². The van der Waals surface area contributed by atoms with Gasteiger partial charge in [-0.05, 0) is 17.5 Å². The second kappa shape index (κ2) is 7.76. The van der Waals surface area contributed by atoms with Gasteiger partial charge in [-0.25, -0.2) is 0 Å². The van der Waals surface area contributed by atoms with E-state index in [1.807, 2.05) is 25.1 Å². The zero-order valence-corrected chi connectivity index (χ0v) is 13.2. The highest BCUT2D eigenvalue weighted by Crippen LogP contribution is 2.28. The molecular formula is C17H22N2O4. The number of aliphatic carboxylic acids is 1. The first-order valence-electron chi connectivity index (χ1n) is 7.88. The number of hydrogen-bond acceptors (Lipinski definition) is 3. The fraction of sp³-hybridized carbons (Fsp3) is 0.471. The number of carbonyl (C=O) groups excluding carboxylic acids is 2. The summed E-state index contributed by atoms with van der Waals surface area (Å²) in [4.78, 5) is 36.9. The first-order chi connectivity index (χ1) is 11.0. The number of fused-ring (bicyclic) bond motifs is 1. The van der Waals surface area contributed by atoms with Gasteiger partial charge < -0.3 is 15.3 Å². The Morgan fingerprint density at radius 2 is 2.00 bits per heavy atom. The Balaban J connectivity index is 2.00. The van der Waals surface area contributed by atoms with E-state index in [-0.39, 0.29) is 31.2 Å². The quantitative estimate of drug-likeness (QED) is 0.832. The predicted molar refractivity (Wildman–Crippen MR) is 84.8 cm³/mol. The van der Waals surface area contributed by atoms with Crippen LogP contribution in [0.25, 0.3) is 0 Å². The molecule has 6 nitrogen and oxygen atoms in total. The number of hydrogen-bond donors (Lipinski definition) is 2. The summed E-state index contributed by atoms with van der Waals surface area (Å²) in [6.07, 6.45) is 1.08. The third kappa shape index (κ3) is 4.31. The third-order valence-electron chi connectivity index (χ3n) is 3.98. The van der Waals surface area contributed by atoms with Crippen LogP contribution < -0.4 is 5.32 Å². The van der Waals surface area contributed by atoms with Gasteiger partial charge in [-0.1, -0.05) is 31.2 Å². The number of carboxylic acids is 1. The minimum Gasteiger partial charge on any atom is -0.481 e. The van der Waals surface area contributed by atoms with Crippen molar-refractivity contribution in [2.45, 2.75) is 38.6 Å². The fourth-order valence-electron chi connectivity index (χ4n) is 2.74. The van der Waals surface area contributed by atoms with E-state index < -0.39 is 11.9 Å². The van der Waals surface area contributed by atoms with Crippen molar-refractivity contribution in [1.82, 2.24) is 10.2 Å². The van der Waals surface area contributed by atoms with Crippen molar-refractivity contribution >= 4 is 17.8 Å². The van der Waals surface area contributed by atoms with Crippen LogP contribution in [0, 0.1) is 0 Å². The Morgan fingerprint density at radius 3 is 2.70 bits per heavy atom. The number of amides is 2.